The van der Waals surface area contributed by atoms with Crippen LogP contribution in [0.4, 0.5) is 10.1 Å². The third-order valence-corrected chi connectivity index (χ3v) is 6.62. The summed E-state index contributed by atoms with van der Waals surface area (Å²) in [5, 5.41) is 2.69. The predicted molar refractivity (Wildman–Crippen MR) is 116 cm³/mol. The van der Waals surface area contributed by atoms with Crippen LogP contribution in [-0.2, 0) is 16.6 Å². The average Bonchev–Trinajstić information content (AvgIpc) is 2.74. The van der Waals surface area contributed by atoms with Gasteiger partial charge in [0.15, 0.2) is 0 Å². The Morgan fingerprint density at radius 1 is 1.00 bits per heavy atom. The minimum Gasteiger partial charge on any atom is -0.348 e. The SMILES string of the molecule is Cc1ccc(N(C)S(=O)(=O)c2cccc(C(=O)NCc3ccc(C)c(F)c3)c2)cc1. The first-order chi connectivity index (χ1) is 14.2. The quantitative estimate of drug-likeness (QED) is 0.643. The van der Waals surface area contributed by atoms with E-state index in [9.17, 15) is 17.6 Å². The standard InChI is InChI=1S/C23H23FN2O3S/c1-16-7-11-20(12-8-16)26(3)30(28,29)21-6-4-5-19(14-21)23(27)25-15-18-10-9-17(2)22(24)13-18/h4-14H,15H2,1-3H3,(H,25,27). The molecule has 0 unspecified atom stereocenters. The van der Waals surface area contributed by atoms with Crippen LogP contribution < -0.4 is 9.62 Å². The van der Waals surface area contributed by atoms with Crippen LogP contribution in [0.2, 0.25) is 0 Å². The van der Waals surface area contributed by atoms with Gasteiger partial charge in [-0.15, -0.1) is 0 Å². The Bertz CT molecular complexity index is 1180. The molecule has 156 valence electrons. The van der Waals surface area contributed by atoms with E-state index in [1.54, 1.807) is 31.2 Å². The van der Waals surface area contributed by atoms with Gasteiger partial charge in [0, 0.05) is 19.2 Å². The van der Waals surface area contributed by atoms with Crippen LogP contribution in [0.15, 0.2) is 71.6 Å². The van der Waals surface area contributed by atoms with E-state index in [0.29, 0.717) is 16.8 Å². The number of rotatable bonds is 6. The van der Waals surface area contributed by atoms with Crippen LogP contribution in [0.3, 0.4) is 0 Å². The number of carbonyl (C=O) groups excluding carboxylic acids is 1. The molecule has 0 atom stereocenters. The topological polar surface area (TPSA) is 66.5 Å². The largest absolute Gasteiger partial charge is 0.348 e. The lowest BCUT2D eigenvalue weighted by molar-refractivity contribution is 0.0950. The van der Waals surface area contributed by atoms with Crippen molar-refractivity contribution in [1.82, 2.24) is 5.32 Å². The van der Waals surface area contributed by atoms with Gasteiger partial charge in [-0.2, -0.15) is 0 Å². The van der Waals surface area contributed by atoms with Crippen LogP contribution in [-0.4, -0.2) is 21.4 Å². The van der Waals surface area contributed by atoms with Crippen molar-refractivity contribution in [1.29, 1.82) is 0 Å². The molecule has 0 saturated heterocycles. The number of sulfonamides is 1. The highest BCUT2D eigenvalue weighted by Crippen LogP contribution is 2.23. The Morgan fingerprint density at radius 3 is 2.37 bits per heavy atom. The molecule has 0 spiro atoms. The third kappa shape index (κ3) is 4.68. The van der Waals surface area contributed by atoms with Crippen molar-refractivity contribution in [3.05, 3.63) is 94.8 Å². The van der Waals surface area contributed by atoms with Gasteiger partial charge in [-0.1, -0.05) is 35.9 Å². The maximum absolute atomic E-state index is 13.7. The summed E-state index contributed by atoms with van der Waals surface area (Å²) in [6.07, 6.45) is 0. The zero-order valence-corrected chi connectivity index (χ0v) is 17.8. The van der Waals surface area contributed by atoms with Gasteiger partial charge in [-0.25, -0.2) is 12.8 Å². The maximum Gasteiger partial charge on any atom is 0.264 e. The second kappa shape index (κ2) is 8.67. The summed E-state index contributed by atoms with van der Waals surface area (Å²) in [6, 6.07) is 17.7. The van der Waals surface area contributed by atoms with Crippen molar-refractivity contribution < 1.29 is 17.6 Å². The van der Waals surface area contributed by atoms with Gasteiger partial charge in [0.1, 0.15) is 5.82 Å². The summed E-state index contributed by atoms with van der Waals surface area (Å²) in [4.78, 5) is 12.5. The van der Waals surface area contributed by atoms with Gasteiger partial charge in [-0.3, -0.25) is 9.10 Å². The van der Waals surface area contributed by atoms with Crippen LogP contribution in [0.1, 0.15) is 27.0 Å². The van der Waals surface area contributed by atoms with E-state index in [1.807, 2.05) is 19.1 Å². The van der Waals surface area contributed by atoms with E-state index >= 15 is 0 Å². The molecule has 0 radical (unpaired) electrons. The van der Waals surface area contributed by atoms with E-state index < -0.39 is 15.9 Å². The lowest BCUT2D eigenvalue weighted by Crippen LogP contribution is -2.27. The molecule has 0 aliphatic rings. The minimum atomic E-state index is -3.83. The fourth-order valence-electron chi connectivity index (χ4n) is 2.88. The molecular formula is C23H23FN2O3S. The van der Waals surface area contributed by atoms with E-state index in [2.05, 4.69) is 5.32 Å². The number of halogens is 1. The van der Waals surface area contributed by atoms with Crippen molar-refractivity contribution >= 4 is 21.6 Å². The van der Waals surface area contributed by atoms with Gasteiger partial charge < -0.3 is 5.32 Å². The molecule has 1 N–H and O–H groups in total. The first-order valence-electron chi connectivity index (χ1n) is 9.37. The second-order valence-corrected chi connectivity index (χ2v) is 9.07. The van der Waals surface area contributed by atoms with Gasteiger partial charge >= 0.3 is 0 Å². The number of anilines is 1. The number of hydrogen-bond donors (Lipinski definition) is 1. The van der Waals surface area contributed by atoms with Crippen LogP contribution in [0.5, 0.6) is 0 Å². The maximum atomic E-state index is 13.7. The van der Waals surface area contributed by atoms with E-state index in [-0.39, 0.29) is 22.8 Å². The fourth-order valence-corrected chi connectivity index (χ4v) is 4.12. The van der Waals surface area contributed by atoms with E-state index in [0.717, 1.165) is 5.56 Å². The number of nitrogens with one attached hydrogen (secondary N) is 1. The van der Waals surface area contributed by atoms with Crippen LogP contribution in [0.25, 0.3) is 0 Å². The highest BCUT2D eigenvalue weighted by Gasteiger charge is 2.22. The van der Waals surface area contributed by atoms with Crippen LogP contribution in [0, 0.1) is 19.7 Å². The molecule has 0 saturated carbocycles. The summed E-state index contributed by atoms with van der Waals surface area (Å²) < 4.78 is 40.8. The highest BCUT2D eigenvalue weighted by atomic mass is 32.2. The van der Waals surface area contributed by atoms with Crippen LogP contribution >= 0.6 is 0 Å². The summed E-state index contributed by atoms with van der Waals surface area (Å²) in [6.45, 7) is 3.72. The normalized spacial score (nSPS) is 11.2. The third-order valence-electron chi connectivity index (χ3n) is 4.84. The molecule has 30 heavy (non-hydrogen) atoms. The van der Waals surface area contributed by atoms with Crippen molar-refractivity contribution in [2.45, 2.75) is 25.3 Å². The number of benzene rings is 3. The summed E-state index contributed by atoms with van der Waals surface area (Å²) in [5.41, 5.74) is 2.91. The number of amides is 1. The minimum absolute atomic E-state index is 0.0135. The molecule has 0 aliphatic heterocycles. The van der Waals surface area contributed by atoms with Crippen molar-refractivity contribution in [3.63, 3.8) is 0 Å². The molecule has 0 aromatic heterocycles. The molecule has 3 aromatic rings. The summed E-state index contributed by atoms with van der Waals surface area (Å²) >= 11 is 0. The zero-order chi connectivity index (χ0) is 21.9. The molecular weight excluding hydrogens is 403 g/mol. The number of aryl methyl sites for hydroxylation is 2. The fraction of sp³-hybridized carbons (Fsp3) is 0.174. The van der Waals surface area contributed by atoms with Crippen molar-refractivity contribution in [2.24, 2.45) is 0 Å². The Hall–Kier alpha value is -3.19. The Morgan fingerprint density at radius 2 is 1.70 bits per heavy atom. The van der Waals surface area contributed by atoms with Gasteiger partial charge in [-0.05, 0) is 61.4 Å². The first kappa shape index (κ1) is 21.5. The Balaban J connectivity index is 1.78. The Labute approximate surface area is 176 Å². The number of hydrogen-bond acceptors (Lipinski definition) is 3. The van der Waals surface area contributed by atoms with Gasteiger partial charge in [0.2, 0.25) is 0 Å². The predicted octanol–water partition coefficient (Wildman–Crippen LogP) is 4.20. The molecule has 0 fully saturated rings. The van der Waals surface area contributed by atoms with Crippen molar-refractivity contribution in [2.75, 3.05) is 11.4 Å². The molecule has 3 rings (SSSR count). The molecule has 7 heteroatoms. The average molecular weight is 427 g/mol. The molecule has 3 aromatic carbocycles. The van der Waals surface area contributed by atoms with Gasteiger partial charge in [0.05, 0.1) is 10.6 Å². The highest BCUT2D eigenvalue weighted by molar-refractivity contribution is 7.92. The molecule has 0 heterocycles. The lowest BCUT2D eigenvalue weighted by Gasteiger charge is -2.20. The molecule has 0 bridgehead atoms. The zero-order valence-electron chi connectivity index (χ0n) is 17.0. The second-order valence-electron chi connectivity index (χ2n) is 7.10. The monoisotopic (exact) mass is 426 g/mol. The molecule has 0 aliphatic carbocycles. The number of nitrogens with zero attached hydrogens (tertiary/aromatic N) is 1. The van der Waals surface area contributed by atoms with Gasteiger partial charge in [0.25, 0.3) is 15.9 Å². The molecule has 5 nitrogen and oxygen atoms in total. The molecule has 1 amide bonds. The van der Waals surface area contributed by atoms with E-state index in [4.69, 9.17) is 0 Å². The Kier molecular flexibility index (Phi) is 6.22. The first-order valence-corrected chi connectivity index (χ1v) is 10.8. The summed E-state index contributed by atoms with van der Waals surface area (Å²) in [5.74, 6) is -0.778. The van der Waals surface area contributed by atoms with Crippen molar-refractivity contribution in [3.8, 4) is 0 Å². The summed E-state index contributed by atoms with van der Waals surface area (Å²) in [7, 11) is -2.36. The smallest absolute Gasteiger partial charge is 0.264 e. The van der Waals surface area contributed by atoms with E-state index in [1.165, 1.54) is 41.7 Å². The number of carbonyl (C=O) groups is 1. The lowest BCUT2D eigenvalue weighted by atomic mass is 10.1.